The molecule has 4 saturated carbocycles. The van der Waals surface area contributed by atoms with Crippen LogP contribution in [0.3, 0.4) is 0 Å². The summed E-state index contributed by atoms with van der Waals surface area (Å²) in [6, 6.07) is -0.851. The Morgan fingerprint density at radius 2 is 1.48 bits per heavy atom. The van der Waals surface area contributed by atoms with E-state index < -0.39 is 193 Å². The number of aliphatic hydroxyl groups is 10. The van der Waals surface area contributed by atoms with Gasteiger partial charge in [0.2, 0.25) is 0 Å². The lowest BCUT2D eigenvalue weighted by molar-refractivity contribution is -0.387. The third-order valence-electron chi connectivity index (χ3n) is 22.6. The van der Waals surface area contributed by atoms with Crippen molar-refractivity contribution in [2.45, 2.75) is 236 Å². The first kappa shape index (κ1) is 68.5. The number of hydrogen-bond donors (Lipinski definition) is 14. The number of carbonyl (C=O) groups excluding carboxylic acids is 2. The van der Waals surface area contributed by atoms with Crippen LogP contribution in [0.2, 0.25) is 0 Å². The van der Waals surface area contributed by atoms with Gasteiger partial charge in [-0.25, -0.2) is 9.78 Å². The van der Waals surface area contributed by atoms with Gasteiger partial charge in [0.1, 0.15) is 79.8 Å². The molecule has 29 atom stereocenters. The Bertz CT molecular complexity index is 2690. The van der Waals surface area contributed by atoms with Gasteiger partial charge in [0.25, 0.3) is 0 Å². The Balaban J connectivity index is 0.000000756. The van der Waals surface area contributed by atoms with Crippen molar-refractivity contribution in [1.29, 1.82) is 0 Å². The lowest BCUT2D eigenvalue weighted by Crippen LogP contribution is -2.69. The van der Waals surface area contributed by atoms with Crippen molar-refractivity contribution in [1.82, 2.24) is 9.97 Å². The maximum Gasteiger partial charge on any atom is 0.335 e. The molecule has 0 radical (unpaired) electrons. The van der Waals surface area contributed by atoms with Crippen LogP contribution in [0.4, 0.5) is 0 Å². The second kappa shape index (κ2) is 25.5. The summed E-state index contributed by atoms with van der Waals surface area (Å²) in [6.07, 6.45) is -19.5. The highest BCUT2D eigenvalue weighted by molar-refractivity contribution is 5.74. The number of imidazole rings is 1. The van der Waals surface area contributed by atoms with Gasteiger partial charge in [-0.3, -0.25) is 14.4 Å². The molecular weight excluding hydrogens is 1160 g/mol. The molecule has 0 spiro atoms. The number of hydrogen-bond acceptors (Lipinski definition) is 25. The van der Waals surface area contributed by atoms with E-state index in [1.54, 1.807) is 20.0 Å². The number of aromatic amines is 1. The lowest BCUT2D eigenvalue weighted by atomic mass is 9.33. The molecular formula is C60H93N3O25. The second-order valence-corrected chi connectivity index (χ2v) is 28.0. The quantitative estimate of drug-likeness (QED) is 0.0494. The number of allylic oxidation sites excluding steroid dienone is 2. The minimum Gasteiger partial charge on any atom is -0.480 e. The van der Waals surface area contributed by atoms with Crippen LogP contribution in [0.15, 0.2) is 24.2 Å². The number of nitrogens with zero attached hydrogens (tertiary/aromatic N) is 1. The van der Waals surface area contributed by atoms with Gasteiger partial charge in [-0.05, 0) is 98.2 Å². The van der Waals surface area contributed by atoms with Gasteiger partial charge < -0.3 is 115 Å². The van der Waals surface area contributed by atoms with Gasteiger partial charge in [0.05, 0.1) is 61.9 Å². The van der Waals surface area contributed by atoms with Crippen molar-refractivity contribution in [2.75, 3.05) is 26.4 Å². The third-order valence-corrected chi connectivity index (χ3v) is 22.6. The number of aromatic nitrogens is 2. The number of nitrogens with two attached hydrogens (primary N) is 1. The zero-order valence-electron chi connectivity index (χ0n) is 51.3. The fourth-order valence-electron chi connectivity index (χ4n) is 17.2. The average molecular weight is 1260 g/mol. The molecule has 9 aliphatic rings. The van der Waals surface area contributed by atoms with Crippen molar-refractivity contribution >= 4 is 23.9 Å². The summed E-state index contributed by atoms with van der Waals surface area (Å²) >= 11 is 0. The minimum absolute atomic E-state index is 0.0482. The van der Waals surface area contributed by atoms with Gasteiger partial charge in [-0.2, -0.15) is 0 Å². The SMILES string of the molecule is CC(=O)OC(C)C(C)C(=O)OC[C@]12C3CC(C)(C)[C@@H](O[C@H]1C[C@]1(C)C3=CCC3[C@@]4(C)CC[C@H](O[C@@H]5O[C@H](C(=O)O)C(O[C@H]6O[C@H](CO)[C@@H](O)[C@H](O)[C@H]6O)[C@H](O)[C@H]5O[C@H]5OC[C@H](O)[C@@H](O)[C@@H]5O)[C@](C)(CO)C4CC[C@]31C)[C@H]2O.NC(Cc1cnc[nH]1)C(=O)O. The summed E-state index contributed by atoms with van der Waals surface area (Å²) in [7, 11) is 0. The number of carboxylic acid groups (broad SMARTS) is 2. The monoisotopic (exact) mass is 1260 g/mol. The van der Waals surface area contributed by atoms with Gasteiger partial charge >= 0.3 is 23.9 Å². The average Bonchev–Trinajstić information content (AvgIpc) is 1.24. The van der Waals surface area contributed by atoms with E-state index in [1.165, 1.54) is 18.8 Å². The highest BCUT2D eigenvalue weighted by Gasteiger charge is 2.76. The Morgan fingerprint density at radius 3 is 2.10 bits per heavy atom. The zero-order chi connectivity index (χ0) is 64.7. The molecule has 28 heteroatoms. The predicted octanol–water partition coefficient (Wildman–Crippen LogP) is -1.22. The van der Waals surface area contributed by atoms with Gasteiger partial charge in [-0.15, -0.1) is 0 Å². The topological polar surface area (TPSA) is 449 Å². The summed E-state index contributed by atoms with van der Waals surface area (Å²) in [4.78, 5) is 55.2. The number of fused-ring (bicyclic) bond motifs is 7. The van der Waals surface area contributed by atoms with Crippen LogP contribution in [0.5, 0.6) is 0 Å². The largest absolute Gasteiger partial charge is 0.480 e. The Labute approximate surface area is 509 Å². The molecule has 88 heavy (non-hydrogen) atoms. The number of rotatable bonds is 17. The van der Waals surface area contributed by atoms with Crippen LogP contribution in [0.25, 0.3) is 0 Å². The number of H-pyrrole nitrogens is 1. The molecule has 4 saturated heterocycles. The van der Waals surface area contributed by atoms with E-state index in [4.69, 9.17) is 53.5 Å². The maximum absolute atomic E-state index is 13.6. The first-order valence-electron chi connectivity index (χ1n) is 30.6. The highest BCUT2D eigenvalue weighted by Crippen LogP contribution is 2.77. The van der Waals surface area contributed by atoms with Crippen LogP contribution < -0.4 is 5.73 Å². The smallest absolute Gasteiger partial charge is 0.335 e. The van der Waals surface area contributed by atoms with Crippen molar-refractivity contribution in [2.24, 2.45) is 61.9 Å². The molecule has 1 aromatic rings. The number of carboxylic acids is 2. The summed E-state index contributed by atoms with van der Waals surface area (Å²) < 4.78 is 54.3. The summed E-state index contributed by atoms with van der Waals surface area (Å²) in [5.74, 6) is -4.82. The number of esters is 2. The number of ether oxygens (including phenoxy) is 9. The molecule has 7 unspecified atom stereocenters. The molecule has 10 rings (SSSR count). The molecule has 2 bridgehead atoms. The van der Waals surface area contributed by atoms with Crippen molar-refractivity contribution < 1.29 is 123 Å². The van der Waals surface area contributed by atoms with Crippen LogP contribution in [-0.4, -0.2) is 244 Å². The Hall–Kier alpha value is -3.89. The lowest BCUT2D eigenvalue weighted by Gasteiger charge is -2.71. The molecule has 5 heterocycles. The standard InChI is InChI=1S/C54H84O23.C6H9N3O2/c1-22(23(2)71-24(3)57)45(68)70-21-54-26-16-49(4,5)43(42(54)65)73-32(54)17-53(9)25(26)10-11-30-50(6)14-13-31(51(7,20-56)29(50)12-15-52(30,53)8)74-48-40(76-46-36(62)33(59)27(58)19-69-46)38(64)39(41(77-48)44(66)67)75-47-37(63)35(61)34(60)28(18-55)72-47;7-5(6(10)11)1-4-2-8-3-9-4/h10,22-23,26-43,46-48,55-56,58-65H,11-21H2,1-9H3,(H,66,67);2-3,5H,1,7H2,(H,8,9)(H,10,11)/t22?,23?,26?,27-,28+,29?,30?,31-,32-,33+,34+,35-,36-,37+,38-,39?,40+,41-,42+,43-,46+,47+,48+,50-,51+,52+,53+,54-;/m0./s1. The summed E-state index contributed by atoms with van der Waals surface area (Å²) in [5.41, 5.74) is 3.60. The zero-order valence-corrected chi connectivity index (χ0v) is 51.3. The fraction of sp³-hybridized carbons (Fsp3) is 0.850. The van der Waals surface area contributed by atoms with Crippen LogP contribution in [0.1, 0.15) is 113 Å². The van der Waals surface area contributed by atoms with E-state index in [1.807, 2.05) is 6.92 Å². The van der Waals surface area contributed by atoms with E-state index in [0.29, 0.717) is 44.9 Å². The third kappa shape index (κ3) is 11.7. The van der Waals surface area contributed by atoms with Crippen molar-refractivity contribution in [3.8, 4) is 0 Å². The molecule has 15 N–H and O–H groups in total. The van der Waals surface area contributed by atoms with Crippen LogP contribution in [-0.2, 0) is 68.2 Å². The van der Waals surface area contributed by atoms with E-state index in [0.717, 1.165) is 5.69 Å². The molecule has 0 amide bonds. The Morgan fingerprint density at radius 1 is 0.795 bits per heavy atom. The first-order valence-corrected chi connectivity index (χ1v) is 30.6. The molecule has 498 valence electrons. The van der Waals surface area contributed by atoms with E-state index in [2.05, 4.69) is 50.7 Å². The second-order valence-electron chi connectivity index (χ2n) is 28.0. The summed E-state index contributed by atoms with van der Waals surface area (Å²) in [5, 5.41) is 129. The van der Waals surface area contributed by atoms with Crippen LogP contribution >= 0.6 is 0 Å². The molecule has 4 aliphatic heterocycles. The summed E-state index contributed by atoms with van der Waals surface area (Å²) in [6.45, 7) is 15.8. The molecule has 28 nitrogen and oxygen atoms in total. The number of aliphatic carboxylic acids is 2. The normalized spacial score (nSPS) is 46.8. The van der Waals surface area contributed by atoms with Crippen LogP contribution in [0, 0.1) is 56.2 Å². The number of carbonyl (C=O) groups is 4. The first-order chi connectivity index (χ1) is 41.2. The maximum atomic E-state index is 13.6. The predicted molar refractivity (Wildman–Crippen MR) is 299 cm³/mol. The Kier molecular flexibility index (Phi) is 19.9. The fourth-order valence-corrected chi connectivity index (χ4v) is 17.2. The number of nitrogens with one attached hydrogen (secondary N) is 1. The molecule has 8 fully saturated rings. The van der Waals surface area contributed by atoms with E-state index in [9.17, 15) is 75.3 Å². The van der Waals surface area contributed by atoms with E-state index in [-0.39, 0.29) is 42.8 Å². The highest BCUT2D eigenvalue weighted by atomic mass is 16.8. The molecule has 0 aromatic carbocycles. The van der Waals surface area contributed by atoms with Crippen molar-refractivity contribution in [3.63, 3.8) is 0 Å². The van der Waals surface area contributed by atoms with Gasteiger partial charge in [-0.1, -0.05) is 53.2 Å². The van der Waals surface area contributed by atoms with E-state index >= 15 is 0 Å². The number of aliphatic hydroxyl groups excluding tert-OH is 10. The molecule has 5 aliphatic carbocycles. The molecule has 1 aromatic heterocycles. The van der Waals surface area contributed by atoms with Gasteiger partial charge in [0.15, 0.2) is 25.0 Å². The van der Waals surface area contributed by atoms with Crippen molar-refractivity contribution in [3.05, 3.63) is 29.9 Å². The van der Waals surface area contributed by atoms with Gasteiger partial charge in [0, 0.05) is 30.7 Å². The minimum atomic E-state index is -2.09.